The molecule has 0 unspecified atom stereocenters. The number of hydrogen-bond acceptors (Lipinski definition) is 0. The third-order valence-corrected chi connectivity index (χ3v) is 7.22. The van der Waals surface area contributed by atoms with Crippen LogP contribution in [0.2, 0.25) is 24.2 Å². The first-order valence-corrected chi connectivity index (χ1v) is 6.93. The van der Waals surface area contributed by atoms with Crippen LogP contribution in [0.25, 0.3) is 0 Å². The summed E-state index contributed by atoms with van der Waals surface area (Å²) >= 11 is 0. The van der Waals surface area contributed by atoms with Crippen molar-refractivity contribution in [3.63, 3.8) is 0 Å². The van der Waals surface area contributed by atoms with Crippen molar-refractivity contribution in [2.75, 3.05) is 0 Å². The zero-order valence-corrected chi connectivity index (χ0v) is 8.65. The van der Waals surface area contributed by atoms with Crippen LogP contribution >= 0.6 is 0 Å². The van der Waals surface area contributed by atoms with Crippen molar-refractivity contribution in [3.8, 4) is 24.7 Å². The second-order valence-corrected chi connectivity index (χ2v) is 8.74. The van der Waals surface area contributed by atoms with Crippen molar-refractivity contribution in [2.24, 2.45) is 0 Å². The van der Waals surface area contributed by atoms with Crippen molar-refractivity contribution >= 4 is 8.07 Å². The Morgan fingerprint density at radius 1 is 1.18 bits per heavy atom. The van der Waals surface area contributed by atoms with Gasteiger partial charge in [-0.3, -0.25) is 0 Å². The van der Waals surface area contributed by atoms with Crippen LogP contribution in [0.15, 0.2) is 0 Å². The van der Waals surface area contributed by atoms with E-state index in [-0.39, 0.29) is 0 Å². The van der Waals surface area contributed by atoms with Gasteiger partial charge in [-0.15, -0.1) is 24.7 Å². The van der Waals surface area contributed by atoms with Crippen LogP contribution in [0.5, 0.6) is 0 Å². The van der Waals surface area contributed by atoms with Crippen LogP contribution in [0.1, 0.15) is 13.8 Å². The van der Waals surface area contributed by atoms with E-state index in [4.69, 9.17) is 12.8 Å². The smallest absolute Gasteiger partial charge is 0.0784 e. The molecule has 0 spiro atoms. The monoisotopic (exact) mass is 164 g/mol. The van der Waals surface area contributed by atoms with E-state index in [0.717, 1.165) is 12.1 Å². The molecule has 0 rings (SSSR count). The number of hydrogen-bond donors (Lipinski definition) is 0. The Hall–Kier alpha value is -0.663. The Bertz CT molecular complexity index is 174. The molecule has 1 heteroatoms. The Balaban J connectivity index is 4.30. The van der Waals surface area contributed by atoms with Crippen LogP contribution < -0.4 is 0 Å². The summed E-state index contributed by atoms with van der Waals surface area (Å²) in [6, 6.07) is 1.82. The van der Waals surface area contributed by atoms with Gasteiger partial charge >= 0.3 is 0 Å². The van der Waals surface area contributed by atoms with Crippen molar-refractivity contribution < 1.29 is 0 Å². The third kappa shape index (κ3) is 2.83. The van der Waals surface area contributed by atoms with Gasteiger partial charge in [-0.2, -0.15) is 0 Å². The van der Waals surface area contributed by atoms with Crippen LogP contribution in [0.4, 0.5) is 0 Å². The van der Waals surface area contributed by atoms with Gasteiger partial charge in [0.15, 0.2) is 0 Å². The molecule has 0 atom stereocenters. The molecule has 0 aliphatic carbocycles. The van der Waals surface area contributed by atoms with Gasteiger partial charge in [-0.25, -0.2) is 0 Å². The van der Waals surface area contributed by atoms with Gasteiger partial charge in [0.05, 0.1) is 8.07 Å². The van der Waals surface area contributed by atoms with E-state index in [0.29, 0.717) is 5.54 Å². The highest BCUT2D eigenvalue weighted by molar-refractivity contribution is 6.81. The highest BCUT2D eigenvalue weighted by Gasteiger charge is 2.28. The molecule has 0 heterocycles. The van der Waals surface area contributed by atoms with Gasteiger partial charge in [0.25, 0.3) is 0 Å². The molecule has 60 valence electrons. The van der Waals surface area contributed by atoms with Gasteiger partial charge in [-0.1, -0.05) is 20.4 Å². The maximum absolute atomic E-state index is 5.30. The Morgan fingerprint density at radius 3 is 1.73 bits per heavy atom. The van der Waals surface area contributed by atoms with Gasteiger partial charge in [-0.05, 0) is 5.54 Å². The number of rotatable bonds is 3. The van der Waals surface area contributed by atoms with Crippen LogP contribution in [0, 0.1) is 24.7 Å². The minimum atomic E-state index is -1.30. The van der Waals surface area contributed by atoms with E-state index >= 15 is 0 Å². The summed E-state index contributed by atoms with van der Waals surface area (Å²) in [6.45, 7) is 6.74. The van der Waals surface area contributed by atoms with Crippen molar-refractivity contribution in [1.29, 1.82) is 0 Å². The first kappa shape index (κ1) is 10.3. The minimum absolute atomic E-state index is 0.689. The summed E-state index contributed by atoms with van der Waals surface area (Å²) < 4.78 is 0. The van der Waals surface area contributed by atoms with Gasteiger partial charge in [0, 0.05) is 12.1 Å². The fraction of sp³-hybridized carbons (Fsp3) is 0.600. The molecule has 0 aliphatic rings. The predicted octanol–water partition coefficient (Wildman–Crippen LogP) is 2.74. The number of terminal acetylenes is 2. The fourth-order valence-electron chi connectivity index (χ4n) is 0.937. The topological polar surface area (TPSA) is 0 Å². The highest BCUT2D eigenvalue weighted by atomic mass is 28.3. The van der Waals surface area contributed by atoms with Crippen molar-refractivity contribution in [2.45, 2.75) is 38.0 Å². The molecule has 0 radical (unpaired) electrons. The predicted molar refractivity (Wildman–Crippen MR) is 54.0 cm³/mol. The maximum atomic E-state index is 5.30. The van der Waals surface area contributed by atoms with Crippen LogP contribution in [-0.4, -0.2) is 8.07 Å². The second kappa shape index (κ2) is 4.26. The lowest BCUT2D eigenvalue weighted by atomic mass is 10.6. The lowest BCUT2D eigenvalue weighted by Gasteiger charge is -2.27. The van der Waals surface area contributed by atoms with Crippen LogP contribution in [-0.2, 0) is 0 Å². The van der Waals surface area contributed by atoms with Gasteiger partial charge < -0.3 is 0 Å². The minimum Gasteiger partial charge on any atom is -0.120 e. The summed E-state index contributed by atoms with van der Waals surface area (Å²) in [7, 11) is -1.30. The van der Waals surface area contributed by atoms with E-state index in [1.54, 1.807) is 0 Å². The molecule has 0 aromatic carbocycles. The highest BCUT2D eigenvalue weighted by Crippen LogP contribution is 2.27. The molecule has 0 saturated carbocycles. The normalized spacial score (nSPS) is 10.7. The third-order valence-electron chi connectivity index (χ3n) is 2.41. The van der Waals surface area contributed by atoms with E-state index in [1.165, 1.54) is 0 Å². The molecule has 0 amide bonds. The molecule has 0 saturated heterocycles. The van der Waals surface area contributed by atoms with Crippen molar-refractivity contribution in [1.82, 2.24) is 0 Å². The van der Waals surface area contributed by atoms with E-state index in [2.05, 4.69) is 32.2 Å². The van der Waals surface area contributed by atoms with E-state index in [9.17, 15) is 0 Å². The first-order chi connectivity index (χ1) is 5.06. The zero-order chi connectivity index (χ0) is 8.91. The summed E-state index contributed by atoms with van der Waals surface area (Å²) in [6.07, 6.45) is 10.6. The summed E-state index contributed by atoms with van der Waals surface area (Å²) in [5, 5.41) is 0. The standard InChI is InChI=1S/C10H16Si/c1-6-8-11(5,9-7-2)10(3)4/h1-2,10H,8-9H2,3-5H3. The molecule has 11 heavy (non-hydrogen) atoms. The molecule has 0 nitrogen and oxygen atoms in total. The fourth-order valence-corrected chi connectivity index (χ4v) is 2.81. The average Bonchev–Trinajstić information content (AvgIpc) is 1.88. The first-order valence-electron chi connectivity index (χ1n) is 3.93. The van der Waals surface area contributed by atoms with E-state index in [1.807, 2.05) is 0 Å². The summed E-state index contributed by atoms with van der Waals surface area (Å²) in [5.74, 6) is 5.48. The molecular weight excluding hydrogens is 148 g/mol. The van der Waals surface area contributed by atoms with Crippen molar-refractivity contribution in [3.05, 3.63) is 0 Å². The summed E-state index contributed by atoms with van der Waals surface area (Å²) in [4.78, 5) is 0. The lowest BCUT2D eigenvalue weighted by molar-refractivity contribution is 0.995. The molecule has 0 aliphatic heterocycles. The molecule has 0 aromatic rings. The zero-order valence-electron chi connectivity index (χ0n) is 7.65. The summed E-state index contributed by atoms with van der Waals surface area (Å²) in [5.41, 5.74) is 0.689. The lowest BCUT2D eigenvalue weighted by Crippen LogP contribution is -2.32. The van der Waals surface area contributed by atoms with E-state index < -0.39 is 8.07 Å². The van der Waals surface area contributed by atoms with Gasteiger partial charge in [0.1, 0.15) is 0 Å². The Labute approximate surface area is 71.4 Å². The molecule has 0 bridgehead atoms. The molecule has 0 aromatic heterocycles. The van der Waals surface area contributed by atoms with Gasteiger partial charge in [0.2, 0.25) is 0 Å². The Kier molecular flexibility index (Phi) is 4.01. The average molecular weight is 164 g/mol. The largest absolute Gasteiger partial charge is 0.120 e. The molecule has 0 fully saturated rings. The second-order valence-electron chi connectivity index (χ2n) is 3.57. The molecule has 0 N–H and O–H groups in total. The molecular formula is C10H16Si. The Morgan fingerprint density at radius 2 is 1.55 bits per heavy atom. The SMILES string of the molecule is C#CC[Si](C)(CC#C)C(C)C. The maximum Gasteiger partial charge on any atom is 0.0784 e. The quantitative estimate of drug-likeness (QED) is 0.444. The van der Waals surface area contributed by atoms with Crippen LogP contribution in [0.3, 0.4) is 0 Å².